The van der Waals surface area contributed by atoms with Crippen molar-refractivity contribution in [3.8, 4) is 5.75 Å². The van der Waals surface area contributed by atoms with Gasteiger partial charge in [-0.15, -0.1) is 0 Å². The van der Waals surface area contributed by atoms with Crippen LogP contribution in [0.5, 0.6) is 5.75 Å². The van der Waals surface area contributed by atoms with Crippen molar-refractivity contribution in [1.29, 1.82) is 0 Å². The van der Waals surface area contributed by atoms with E-state index >= 15 is 0 Å². The molecule has 0 unspecified atom stereocenters. The molecule has 2 N–H and O–H groups in total. The highest BCUT2D eigenvalue weighted by atomic mass is 19.4. The van der Waals surface area contributed by atoms with Gasteiger partial charge in [-0.2, -0.15) is 43.5 Å². The van der Waals surface area contributed by atoms with Gasteiger partial charge in [0.1, 0.15) is 5.75 Å². The number of nitrogens with one attached hydrogen (secondary N) is 1. The first-order valence-electron chi connectivity index (χ1n) is 12.5. The van der Waals surface area contributed by atoms with Crippen molar-refractivity contribution in [2.45, 2.75) is 6.18 Å². The van der Waals surface area contributed by atoms with E-state index in [9.17, 15) is 18.3 Å². The van der Waals surface area contributed by atoms with Gasteiger partial charge in [0.2, 0.25) is 17.8 Å². The molecule has 0 amide bonds. The first kappa shape index (κ1) is 27.2. The third kappa shape index (κ3) is 6.98. The van der Waals surface area contributed by atoms with Crippen LogP contribution in [0.4, 0.5) is 42.4 Å². The summed E-state index contributed by atoms with van der Waals surface area (Å²) in [4.78, 5) is 17.7. The van der Waals surface area contributed by atoms with E-state index in [1.807, 2.05) is 9.80 Å². The molecule has 3 aromatic rings. The number of rotatable bonds is 7. The predicted octanol–water partition coefficient (Wildman–Crippen LogP) is 4.13. The van der Waals surface area contributed by atoms with Gasteiger partial charge in [0, 0.05) is 31.7 Å². The van der Waals surface area contributed by atoms with Crippen LogP contribution in [0.25, 0.3) is 0 Å². The van der Waals surface area contributed by atoms with Gasteiger partial charge in [0.15, 0.2) is 0 Å². The van der Waals surface area contributed by atoms with Gasteiger partial charge in [-0.1, -0.05) is 6.07 Å². The molecule has 0 spiro atoms. The number of hydrogen-bond acceptors (Lipinski definition) is 12. The number of alkyl halides is 3. The molecule has 40 heavy (non-hydrogen) atoms. The summed E-state index contributed by atoms with van der Waals surface area (Å²) in [6.45, 7) is 4.85. The standard InChI is InChI=1S/C25H26F3N9O3/c26-25(27,28)18-2-1-3-19(15-18)33-34-20-4-5-21(38)17(14-20)16-29-35-22-30-23(36-6-10-39-11-7-36)32-24(31-22)37-8-12-40-13-9-37/h1-5,14-16,38H,6-13H2,(H,30,31,32,35)/b29-16-,34-33?. The van der Waals surface area contributed by atoms with Gasteiger partial charge in [0.25, 0.3) is 0 Å². The highest BCUT2D eigenvalue weighted by molar-refractivity contribution is 5.85. The summed E-state index contributed by atoms with van der Waals surface area (Å²) >= 11 is 0. The summed E-state index contributed by atoms with van der Waals surface area (Å²) in [7, 11) is 0. The summed E-state index contributed by atoms with van der Waals surface area (Å²) in [6, 6.07) is 8.89. The summed E-state index contributed by atoms with van der Waals surface area (Å²) in [5, 5.41) is 22.3. The molecule has 0 bridgehead atoms. The van der Waals surface area contributed by atoms with Gasteiger partial charge in [0.05, 0.1) is 49.6 Å². The van der Waals surface area contributed by atoms with E-state index in [-0.39, 0.29) is 17.4 Å². The van der Waals surface area contributed by atoms with E-state index in [1.165, 1.54) is 36.5 Å². The largest absolute Gasteiger partial charge is 0.507 e. The fraction of sp³-hybridized carbons (Fsp3) is 0.360. The number of hydrazone groups is 1. The molecule has 0 radical (unpaired) electrons. The fourth-order valence-corrected chi connectivity index (χ4v) is 3.94. The van der Waals surface area contributed by atoms with Gasteiger partial charge >= 0.3 is 6.18 Å². The average molecular weight is 558 g/mol. The van der Waals surface area contributed by atoms with Crippen molar-refractivity contribution in [3.63, 3.8) is 0 Å². The van der Waals surface area contributed by atoms with E-state index < -0.39 is 11.7 Å². The van der Waals surface area contributed by atoms with Crippen LogP contribution in [-0.4, -0.2) is 78.9 Å². The second kappa shape index (κ2) is 12.2. The van der Waals surface area contributed by atoms with Crippen LogP contribution >= 0.6 is 0 Å². The monoisotopic (exact) mass is 557 g/mol. The number of aromatic nitrogens is 3. The van der Waals surface area contributed by atoms with Gasteiger partial charge in [-0.25, -0.2) is 5.43 Å². The maximum absolute atomic E-state index is 13.0. The minimum absolute atomic E-state index is 0.0433. The number of aromatic hydroxyl groups is 1. The topological polar surface area (TPSA) is 133 Å². The smallest absolute Gasteiger partial charge is 0.416 e. The molecule has 0 aliphatic carbocycles. The molecule has 5 rings (SSSR count). The van der Waals surface area contributed by atoms with Crippen molar-refractivity contribution in [2.75, 3.05) is 67.8 Å². The van der Waals surface area contributed by atoms with E-state index in [0.717, 1.165) is 12.1 Å². The first-order valence-corrected chi connectivity index (χ1v) is 12.5. The molecule has 1 aromatic heterocycles. The Labute approximate surface area is 227 Å². The maximum Gasteiger partial charge on any atom is 0.416 e. The lowest BCUT2D eigenvalue weighted by molar-refractivity contribution is -0.137. The average Bonchev–Trinajstić information content (AvgIpc) is 2.98. The molecule has 2 saturated heterocycles. The molecule has 0 atom stereocenters. The van der Waals surface area contributed by atoms with Crippen molar-refractivity contribution < 1.29 is 27.8 Å². The summed E-state index contributed by atoms with van der Waals surface area (Å²) in [5.74, 6) is 1.13. The quantitative estimate of drug-likeness (QED) is 0.250. The highest BCUT2D eigenvalue weighted by Gasteiger charge is 2.30. The lowest BCUT2D eigenvalue weighted by Gasteiger charge is -2.30. The summed E-state index contributed by atoms with van der Waals surface area (Å²) in [6.07, 6.45) is -3.13. The second-order valence-corrected chi connectivity index (χ2v) is 8.82. The Morgan fingerprint density at radius 3 is 2.02 bits per heavy atom. The zero-order valence-electron chi connectivity index (χ0n) is 21.3. The first-order chi connectivity index (χ1) is 19.3. The molecule has 12 nitrogen and oxygen atoms in total. The van der Waals surface area contributed by atoms with E-state index in [1.54, 1.807) is 0 Å². The van der Waals surface area contributed by atoms with Crippen molar-refractivity contribution in [2.24, 2.45) is 15.3 Å². The van der Waals surface area contributed by atoms with Gasteiger partial charge < -0.3 is 24.4 Å². The Kier molecular flexibility index (Phi) is 8.31. The Morgan fingerprint density at radius 2 is 1.43 bits per heavy atom. The number of benzene rings is 2. The van der Waals surface area contributed by atoms with Crippen LogP contribution in [-0.2, 0) is 15.7 Å². The fourth-order valence-electron chi connectivity index (χ4n) is 3.94. The number of phenols is 1. The highest BCUT2D eigenvalue weighted by Crippen LogP contribution is 2.32. The zero-order chi connectivity index (χ0) is 28.0. The van der Waals surface area contributed by atoms with Crippen LogP contribution in [0, 0.1) is 0 Å². The van der Waals surface area contributed by atoms with Crippen LogP contribution in [0.2, 0.25) is 0 Å². The second-order valence-electron chi connectivity index (χ2n) is 8.82. The molecular formula is C25H26F3N9O3. The molecule has 2 aliphatic heterocycles. The van der Waals surface area contributed by atoms with E-state index in [2.05, 4.69) is 35.7 Å². The van der Waals surface area contributed by atoms with Crippen LogP contribution in [0.3, 0.4) is 0 Å². The Balaban J connectivity index is 1.32. The Hall–Kier alpha value is -4.37. The number of azo groups is 1. The SMILES string of the molecule is Oc1ccc(N=Nc2cccc(C(F)(F)F)c2)cc1/C=N\Nc1nc(N2CCOCC2)nc(N2CCOCC2)n1. The Bertz CT molecular complexity index is 1340. The van der Waals surface area contributed by atoms with Crippen molar-refractivity contribution >= 4 is 35.4 Å². The molecule has 210 valence electrons. The van der Waals surface area contributed by atoms with Crippen molar-refractivity contribution in [3.05, 3.63) is 53.6 Å². The summed E-state index contributed by atoms with van der Waals surface area (Å²) < 4.78 is 49.7. The molecule has 2 fully saturated rings. The maximum atomic E-state index is 13.0. The van der Waals surface area contributed by atoms with Gasteiger partial charge in [-0.05, 0) is 36.4 Å². The molecule has 0 saturated carbocycles. The molecule has 15 heteroatoms. The van der Waals surface area contributed by atoms with Gasteiger partial charge in [-0.3, -0.25) is 0 Å². The molecule has 2 aliphatic rings. The third-order valence-corrected chi connectivity index (χ3v) is 6.03. The number of hydrogen-bond donors (Lipinski definition) is 2. The molecule has 3 heterocycles. The Morgan fingerprint density at radius 1 is 0.825 bits per heavy atom. The number of halogens is 3. The normalized spacial score (nSPS) is 16.7. The predicted molar refractivity (Wildman–Crippen MR) is 141 cm³/mol. The van der Waals surface area contributed by atoms with Crippen LogP contribution in [0.1, 0.15) is 11.1 Å². The molecular weight excluding hydrogens is 531 g/mol. The van der Waals surface area contributed by atoms with Crippen LogP contribution in [0.15, 0.2) is 57.8 Å². The number of nitrogens with zero attached hydrogens (tertiary/aromatic N) is 8. The van der Waals surface area contributed by atoms with E-state index in [0.29, 0.717) is 75.8 Å². The number of phenolic OH excluding ortho intramolecular Hbond substituents is 1. The third-order valence-electron chi connectivity index (χ3n) is 6.03. The van der Waals surface area contributed by atoms with E-state index in [4.69, 9.17) is 9.47 Å². The molecule has 2 aromatic carbocycles. The number of ether oxygens (including phenoxy) is 2. The number of anilines is 3. The summed E-state index contributed by atoms with van der Waals surface area (Å²) in [5.41, 5.74) is 2.62. The van der Waals surface area contributed by atoms with Crippen LogP contribution < -0.4 is 15.2 Å². The minimum Gasteiger partial charge on any atom is -0.507 e. The number of morpholine rings is 2. The lowest BCUT2D eigenvalue weighted by atomic mass is 10.2. The van der Waals surface area contributed by atoms with Crippen molar-refractivity contribution in [1.82, 2.24) is 15.0 Å². The lowest BCUT2D eigenvalue weighted by Crippen LogP contribution is -2.40. The zero-order valence-corrected chi connectivity index (χ0v) is 21.3. The minimum atomic E-state index is -4.48.